The Morgan fingerprint density at radius 3 is 2.35 bits per heavy atom. The molecule has 4 aromatic rings. The van der Waals surface area contributed by atoms with Crippen LogP contribution in [0.4, 0.5) is 5.69 Å². The van der Waals surface area contributed by atoms with Crippen LogP contribution in [0.3, 0.4) is 0 Å². The molecule has 1 aliphatic heterocycles. The summed E-state index contributed by atoms with van der Waals surface area (Å²) in [5.74, 6) is 0.510. The average molecular weight is 452 g/mol. The van der Waals surface area contributed by atoms with Gasteiger partial charge in [0.15, 0.2) is 0 Å². The predicted molar refractivity (Wildman–Crippen MR) is 136 cm³/mol. The number of carbonyl (C=O) groups is 1. The van der Waals surface area contributed by atoms with Crippen molar-refractivity contribution in [2.75, 3.05) is 18.4 Å². The van der Waals surface area contributed by atoms with E-state index in [1.807, 2.05) is 47.4 Å². The first kappa shape index (κ1) is 22.1. The van der Waals surface area contributed by atoms with Crippen LogP contribution in [0.25, 0.3) is 10.9 Å². The van der Waals surface area contributed by atoms with Crippen LogP contribution < -0.4 is 5.32 Å². The molecule has 0 bridgehead atoms. The third kappa shape index (κ3) is 4.66. The molecule has 0 atom stereocenters. The Morgan fingerprint density at radius 1 is 0.941 bits per heavy atom. The van der Waals surface area contributed by atoms with Gasteiger partial charge in [-0.05, 0) is 41.5 Å². The number of anilines is 1. The van der Waals surface area contributed by atoms with Gasteiger partial charge in [-0.2, -0.15) is 0 Å². The van der Waals surface area contributed by atoms with Gasteiger partial charge in [0.05, 0.1) is 23.4 Å². The Kier molecular flexibility index (Phi) is 6.54. The van der Waals surface area contributed by atoms with Crippen LogP contribution in [0.15, 0.2) is 85.1 Å². The minimum atomic E-state index is -0.0402. The van der Waals surface area contributed by atoms with Crippen molar-refractivity contribution in [1.29, 1.82) is 0 Å². The molecule has 0 spiro atoms. The van der Waals surface area contributed by atoms with Crippen LogP contribution in [0.1, 0.15) is 45.8 Å². The molecule has 1 amide bonds. The van der Waals surface area contributed by atoms with Crippen molar-refractivity contribution in [3.05, 3.63) is 107 Å². The van der Waals surface area contributed by atoms with Gasteiger partial charge in [-0.25, -0.2) is 0 Å². The number of carbonyl (C=O) groups excluding carboxylic acids is 1. The fourth-order valence-electron chi connectivity index (χ4n) is 4.79. The van der Waals surface area contributed by atoms with Crippen molar-refractivity contribution in [3.8, 4) is 0 Å². The van der Waals surface area contributed by atoms with E-state index in [1.54, 1.807) is 6.20 Å². The molecule has 172 valence electrons. The molecule has 3 aromatic carbocycles. The van der Waals surface area contributed by atoms with Crippen molar-refractivity contribution < 1.29 is 9.90 Å². The lowest BCUT2D eigenvalue weighted by atomic mass is 9.89. The van der Waals surface area contributed by atoms with Gasteiger partial charge in [-0.1, -0.05) is 72.8 Å². The molecule has 0 unspecified atom stereocenters. The molecular formula is C29H29N3O2. The molecule has 1 saturated heterocycles. The quantitative estimate of drug-likeness (QED) is 0.414. The highest BCUT2D eigenvalue weighted by Crippen LogP contribution is 2.32. The zero-order valence-electron chi connectivity index (χ0n) is 19.2. The van der Waals surface area contributed by atoms with E-state index in [2.05, 4.69) is 46.7 Å². The first-order valence-electron chi connectivity index (χ1n) is 11.9. The Balaban J connectivity index is 1.41. The Morgan fingerprint density at radius 2 is 1.65 bits per heavy atom. The van der Waals surface area contributed by atoms with E-state index in [4.69, 9.17) is 0 Å². The number of pyridine rings is 1. The van der Waals surface area contributed by atoms with E-state index in [-0.39, 0.29) is 12.5 Å². The number of hydrogen-bond acceptors (Lipinski definition) is 4. The van der Waals surface area contributed by atoms with Gasteiger partial charge in [0.25, 0.3) is 5.91 Å². The van der Waals surface area contributed by atoms with Crippen molar-refractivity contribution in [2.45, 2.75) is 31.9 Å². The molecule has 0 saturated carbocycles. The molecule has 0 radical (unpaired) electrons. The molecule has 1 aromatic heterocycles. The van der Waals surface area contributed by atoms with Crippen LogP contribution in [0, 0.1) is 0 Å². The van der Waals surface area contributed by atoms with Crippen LogP contribution in [-0.4, -0.2) is 34.0 Å². The van der Waals surface area contributed by atoms with E-state index in [9.17, 15) is 9.90 Å². The maximum atomic E-state index is 13.6. The lowest BCUT2D eigenvalue weighted by Gasteiger charge is -2.32. The van der Waals surface area contributed by atoms with Gasteiger partial charge in [0, 0.05) is 31.2 Å². The van der Waals surface area contributed by atoms with Crippen LogP contribution >= 0.6 is 0 Å². The second-order valence-corrected chi connectivity index (χ2v) is 8.87. The number of nitrogens with one attached hydrogen (secondary N) is 1. The third-order valence-corrected chi connectivity index (χ3v) is 6.71. The molecule has 2 N–H and O–H groups in total. The highest BCUT2D eigenvalue weighted by Gasteiger charge is 2.27. The van der Waals surface area contributed by atoms with E-state index < -0.39 is 0 Å². The minimum Gasteiger partial charge on any atom is -0.392 e. The topological polar surface area (TPSA) is 65.5 Å². The summed E-state index contributed by atoms with van der Waals surface area (Å²) in [7, 11) is 0. The molecule has 5 nitrogen and oxygen atoms in total. The molecule has 34 heavy (non-hydrogen) atoms. The molecule has 0 aliphatic carbocycles. The zero-order chi connectivity index (χ0) is 23.3. The van der Waals surface area contributed by atoms with Crippen molar-refractivity contribution in [1.82, 2.24) is 9.88 Å². The van der Waals surface area contributed by atoms with E-state index in [0.29, 0.717) is 18.0 Å². The number of amides is 1. The summed E-state index contributed by atoms with van der Waals surface area (Å²) < 4.78 is 0. The fourth-order valence-corrected chi connectivity index (χ4v) is 4.79. The largest absolute Gasteiger partial charge is 0.392 e. The predicted octanol–water partition coefficient (Wildman–Crippen LogP) is 5.36. The number of aliphatic hydroxyl groups excluding tert-OH is 1. The van der Waals surface area contributed by atoms with Crippen molar-refractivity contribution >= 4 is 22.5 Å². The summed E-state index contributed by atoms with van der Waals surface area (Å²) in [5, 5.41) is 13.9. The van der Waals surface area contributed by atoms with E-state index in [0.717, 1.165) is 53.6 Å². The SMILES string of the molecule is O=C(c1cnc2cc(CO)ccc2c1NCc1ccccc1)N1CCC(c2ccccc2)CC1. The summed E-state index contributed by atoms with van der Waals surface area (Å²) >= 11 is 0. The molecule has 1 aliphatic rings. The molecule has 5 heteroatoms. The van der Waals surface area contributed by atoms with Crippen molar-refractivity contribution in [3.63, 3.8) is 0 Å². The Hall–Kier alpha value is -3.70. The number of benzene rings is 3. The van der Waals surface area contributed by atoms with Crippen molar-refractivity contribution in [2.24, 2.45) is 0 Å². The lowest BCUT2D eigenvalue weighted by Crippen LogP contribution is -2.38. The lowest BCUT2D eigenvalue weighted by molar-refractivity contribution is 0.0713. The van der Waals surface area contributed by atoms with Crippen LogP contribution in [0.5, 0.6) is 0 Å². The summed E-state index contributed by atoms with van der Waals surface area (Å²) in [6, 6.07) is 26.4. The van der Waals surface area contributed by atoms with Gasteiger partial charge in [-0.15, -0.1) is 0 Å². The number of hydrogen-bond donors (Lipinski definition) is 2. The summed E-state index contributed by atoms with van der Waals surface area (Å²) in [6.07, 6.45) is 3.61. The fraction of sp³-hybridized carbons (Fsp3) is 0.241. The first-order valence-corrected chi connectivity index (χ1v) is 11.9. The third-order valence-electron chi connectivity index (χ3n) is 6.71. The molecule has 2 heterocycles. The van der Waals surface area contributed by atoms with Gasteiger partial charge in [-0.3, -0.25) is 9.78 Å². The molecular weight excluding hydrogens is 422 g/mol. The second-order valence-electron chi connectivity index (χ2n) is 8.87. The first-order chi connectivity index (χ1) is 16.7. The van der Waals surface area contributed by atoms with Gasteiger partial charge < -0.3 is 15.3 Å². The van der Waals surface area contributed by atoms with E-state index >= 15 is 0 Å². The number of nitrogens with zero attached hydrogens (tertiary/aromatic N) is 2. The number of fused-ring (bicyclic) bond motifs is 1. The van der Waals surface area contributed by atoms with Gasteiger partial charge in [0.2, 0.25) is 0 Å². The minimum absolute atomic E-state index is 0.0164. The standard InChI is InChI=1S/C29H29N3O2/c33-20-22-11-12-25-27(17-22)30-19-26(28(25)31-18-21-7-3-1-4-8-21)29(34)32-15-13-24(14-16-32)23-9-5-2-6-10-23/h1-12,17,19,24,33H,13-16,18,20H2,(H,30,31). The van der Waals surface area contributed by atoms with Crippen LogP contribution in [-0.2, 0) is 13.2 Å². The smallest absolute Gasteiger partial charge is 0.257 e. The maximum absolute atomic E-state index is 13.6. The number of aromatic nitrogens is 1. The number of aliphatic hydroxyl groups is 1. The molecule has 1 fully saturated rings. The summed E-state index contributed by atoms with van der Waals surface area (Å²) in [4.78, 5) is 20.2. The number of rotatable bonds is 6. The highest BCUT2D eigenvalue weighted by atomic mass is 16.3. The maximum Gasteiger partial charge on any atom is 0.257 e. The van der Waals surface area contributed by atoms with Gasteiger partial charge in [0.1, 0.15) is 0 Å². The second kappa shape index (κ2) is 10.1. The summed E-state index contributed by atoms with van der Waals surface area (Å²) in [5.41, 5.74) is 5.46. The number of piperidine rings is 1. The average Bonchev–Trinajstić information content (AvgIpc) is 2.92. The normalized spacial score (nSPS) is 14.3. The Labute approximate surface area is 200 Å². The monoisotopic (exact) mass is 451 g/mol. The Bertz CT molecular complexity index is 1270. The van der Waals surface area contributed by atoms with Gasteiger partial charge >= 0.3 is 0 Å². The number of likely N-dealkylation sites (tertiary alicyclic amines) is 1. The van der Waals surface area contributed by atoms with E-state index in [1.165, 1.54) is 5.56 Å². The highest BCUT2D eigenvalue weighted by molar-refractivity contribution is 6.07. The molecule has 5 rings (SSSR count). The van der Waals surface area contributed by atoms with Crippen LogP contribution in [0.2, 0.25) is 0 Å². The summed E-state index contributed by atoms with van der Waals surface area (Å²) in [6.45, 7) is 2.04. The zero-order valence-corrected chi connectivity index (χ0v) is 19.2.